The third-order valence-corrected chi connectivity index (χ3v) is 3.29. The van der Waals surface area contributed by atoms with Gasteiger partial charge in [0.25, 0.3) is 0 Å². The van der Waals surface area contributed by atoms with Crippen LogP contribution in [-0.4, -0.2) is 22.7 Å². The van der Waals surface area contributed by atoms with Crippen LogP contribution >= 0.6 is 0 Å². The van der Waals surface area contributed by atoms with Gasteiger partial charge in [-0.1, -0.05) is 13.8 Å². The molecule has 0 radical (unpaired) electrons. The molecule has 1 rings (SSSR count). The molecule has 1 aromatic rings. The number of aliphatic hydroxyl groups is 1. The van der Waals surface area contributed by atoms with Gasteiger partial charge in [-0.05, 0) is 38.8 Å². The maximum atomic E-state index is 9.70. The number of nitrogens with zero attached hydrogens (tertiary/aromatic N) is 2. The zero-order valence-corrected chi connectivity index (χ0v) is 11.3. The Kier molecular flexibility index (Phi) is 5.42. The second kappa shape index (κ2) is 6.60. The van der Waals surface area contributed by atoms with Crippen LogP contribution in [0, 0.1) is 0 Å². The van der Waals surface area contributed by atoms with E-state index in [4.69, 9.17) is 0 Å². The lowest BCUT2D eigenvalue weighted by atomic mass is 10.1. The number of rotatable bonds is 6. The van der Waals surface area contributed by atoms with E-state index in [0.29, 0.717) is 12.5 Å². The van der Waals surface area contributed by atoms with Crippen LogP contribution in [0.1, 0.15) is 52.3 Å². The Hall–Kier alpha value is -1.09. The molecule has 0 bridgehead atoms. The molecule has 3 heteroatoms. The summed E-state index contributed by atoms with van der Waals surface area (Å²) in [7, 11) is 0. The normalized spacial score (nSPS) is 14.4. The van der Waals surface area contributed by atoms with Crippen LogP contribution in [0.25, 0.3) is 0 Å². The lowest BCUT2D eigenvalue weighted by Crippen LogP contribution is -2.32. The monoisotopic (exact) mass is 236 g/mol. The first-order valence-electron chi connectivity index (χ1n) is 6.54. The highest BCUT2D eigenvalue weighted by Crippen LogP contribution is 2.20. The summed E-state index contributed by atoms with van der Waals surface area (Å²) in [6.45, 7) is 9.50. The molecule has 3 nitrogen and oxygen atoms in total. The van der Waals surface area contributed by atoms with Gasteiger partial charge in [0.1, 0.15) is 0 Å². The third kappa shape index (κ3) is 3.43. The van der Waals surface area contributed by atoms with Crippen molar-refractivity contribution in [2.24, 2.45) is 0 Å². The van der Waals surface area contributed by atoms with Gasteiger partial charge in [0.2, 0.25) is 0 Å². The van der Waals surface area contributed by atoms with Crippen molar-refractivity contribution in [2.75, 3.05) is 11.4 Å². The van der Waals surface area contributed by atoms with E-state index in [0.717, 1.165) is 24.3 Å². The van der Waals surface area contributed by atoms with Crippen LogP contribution in [0.4, 0.5) is 5.69 Å². The van der Waals surface area contributed by atoms with Crippen molar-refractivity contribution in [1.82, 2.24) is 4.98 Å². The molecule has 0 amide bonds. The van der Waals surface area contributed by atoms with Crippen LogP contribution in [0.5, 0.6) is 0 Å². The Balaban J connectivity index is 2.85. The quantitative estimate of drug-likeness (QED) is 0.824. The van der Waals surface area contributed by atoms with Crippen molar-refractivity contribution in [1.29, 1.82) is 0 Å². The third-order valence-electron chi connectivity index (χ3n) is 3.29. The lowest BCUT2D eigenvalue weighted by molar-refractivity contribution is 0.169. The second-order valence-corrected chi connectivity index (χ2v) is 4.41. The summed E-state index contributed by atoms with van der Waals surface area (Å²) >= 11 is 0. The fourth-order valence-corrected chi connectivity index (χ4v) is 1.94. The van der Waals surface area contributed by atoms with E-state index in [1.54, 1.807) is 0 Å². The van der Waals surface area contributed by atoms with E-state index >= 15 is 0 Å². The van der Waals surface area contributed by atoms with Crippen molar-refractivity contribution in [3.8, 4) is 0 Å². The van der Waals surface area contributed by atoms with Gasteiger partial charge in [-0.15, -0.1) is 0 Å². The summed E-state index contributed by atoms with van der Waals surface area (Å²) < 4.78 is 0. The molecule has 0 fully saturated rings. The molecule has 2 atom stereocenters. The minimum Gasteiger partial charge on any atom is -0.387 e. The number of hydrogen-bond donors (Lipinski definition) is 1. The molecule has 1 N–H and O–H groups in total. The van der Waals surface area contributed by atoms with Gasteiger partial charge in [0, 0.05) is 12.6 Å². The number of aliphatic hydroxyl groups excluding tert-OH is 1. The summed E-state index contributed by atoms with van der Waals surface area (Å²) in [5.74, 6) is 0. The highest BCUT2D eigenvalue weighted by molar-refractivity contribution is 5.45. The summed E-state index contributed by atoms with van der Waals surface area (Å²) in [4.78, 5) is 6.67. The van der Waals surface area contributed by atoms with Gasteiger partial charge in [-0.3, -0.25) is 4.98 Å². The van der Waals surface area contributed by atoms with E-state index in [9.17, 15) is 5.11 Å². The first-order valence-corrected chi connectivity index (χ1v) is 6.54. The molecule has 1 aromatic heterocycles. The van der Waals surface area contributed by atoms with E-state index < -0.39 is 6.10 Å². The molecule has 96 valence electrons. The van der Waals surface area contributed by atoms with Crippen LogP contribution in [-0.2, 0) is 0 Å². The van der Waals surface area contributed by atoms with Gasteiger partial charge in [-0.2, -0.15) is 0 Å². The predicted octanol–water partition coefficient (Wildman–Crippen LogP) is 3.15. The smallest absolute Gasteiger partial charge is 0.0957 e. The highest BCUT2D eigenvalue weighted by Gasteiger charge is 2.12. The molecule has 0 spiro atoms. The summed E-state index contributed by atoms with van der Waals surface area (Å²) in [5.41, 5.74) is 1.89. The topological polar surface area (TPSA) is 36.4 Å². The second-order valence-electron chi connectivity index (χ2n) is 4.41. The standard InChI is InChI=1S/C14H24N2O/c1-5-11(4)16(7-3)12-8-9-13(15-10-12)14(17)6-2/h8-11,14,17H,5-7H2,1-4H3/t11?,14-/m0/s1. The van der Waals surface area contributed by atoms with Crippen molar-refractivity contribution in [2.45, 2.75) is 52.7 Å². The molecular formula is C14H24N2O. The minimum atomic E-state index is -0.442. The summed E-state index contributed by atoms with van der Waals surface area (Å²) in [6, 6.07) is 4.49. The Morgan fingerprint density at radius 1 is 1.24 bits per heavy atom. The van der Waals surface area contributed by atoms with E-state index in [1.165, 1.54) is 0 Å². The lowest BCUT2D eigenvalue weighted by Gasteiger charge is -2.29. The molecule has 0 saturated heterocycles. The number of aromatic nitrogens is 1. The van der Waals surface area contributed by atoms with Gasteiger partial charge in [0.05, 0.1) is 23.7 Å². The Morgan fingerprint density at radius 3 is 2.35 bits per heavy atom. The van der Waals surface area contributed by atoms with Crippen LogP contribution in [0.15, 0.2) is 18.3 Å². The average molecular weight is 236 g/mol. The number of pyridine rings is 1. The zero-order valence-electron chi connectivity index (χ0n) is 11.3. The van der Waals surface area contributed by atoms with Crippen molar-refractivity contribution in [3.63, 3.8) is 0 Å². The van der Waals surface area contributed by atoms with Crippen molar-refractivity contribution < 1.29 is 5.11 Å². The molecule has 0 aliphatic heterocycles. The van der Waals surface area contributed by atoms with Crippen molar-refractivity contribution >= 4 is 5.69 Å². The van der Waals surface area contributed by atoms with Crippen molar-refractivity contribution in [3.05, 3.63) is 24.0 Å². The largest absolute Gasteiger partial charge is 0.387 e. The van der Waals surface area contributed by atoms with Gasteiger partial charge < -0.3 is 10.0 Å². The van der Waals surface area contributed by atoms with Gasteiger partial charge in [-0.25, -0.2) is 0 Å². The number of anilines is 1. The SMILES string of the molecule is CCC(C)N(CC)c1ccc([C@@H](O)CC)nc1. The molecule has 1 heterocycles. The van der Waals surface area contributed by atoms with E-state index in [2.05, 4.69) is 36.7 Å². The highest BCUT2D eigenvalue weighted by atomic mass is 16.3. The predicted molar refractivity (Wildman–Crippen MR) is 72.3 cm³/mol. The van der Waals surface area contributed by atoms with Crippen LogP contribution in [0.3, 0.4) is 0 Å². The average Bonchev–Trinajstić information content (AvgIpc) is 2.39. The summed E-state index contributed by atoms with van der Waals surface area (Å²) in [5, 5.41) is 9.70. The maximum absolute atomic E-state index is 9.70. The first-order chi connectivity index (χ1) is 8.13. The fraction of sp³-hybridized carbons (Fsp3) is 0.643. The first kappa shape index (κ1) is 14.0. The maximum Gasteiger partial charge on any atom is 0.0957 e. The molecule has 0 aliphatic carbocycles. The molecule has 1 unspecified atom stereocenters. The minimum absolute atomic E-state index is 0.442. The van der Waals surface area contributed by atoms with E-state index in [-0.39, 0.29) is 0 Å². The fourth-order valence-electron chi connectivity index (χ4n) is 1.94. The molecule has 0 saturated carbocycles. The Morgan fingerprint density at radius 2 is 1.94 bits per heavy atom. The summed E-state index contributed by atoms with van der Waals surface area (Å²) in [6.07, 6.45) is 3.24. The molecular weight excluding hydrogens is 212 g/mol. The van der Waals surface area contributed by atoms with Crippen LogP contribution in [0.2, 0.25) is 0 Å². The molecule has 0 aromatic carbocycles. The van der Waals surface area contributed by atoms with Gasteiger partial charge in [0.15, 0.2) is 0 Å². The Bertz CT molecular complexity index is 323. The van der Waals surface area contributed by atoms with E-state index in [1.807, 2.05) is 19.2 Å². The van der Waals surface area contributed by atoms with Crippen LogP contribution < -0.4 is 4.90 Å². The molecule has 0 aliphatic rings. The molecule has 17 heavy (non-hydrogen) atoms. The van der Waals surface area contributed by atoms with Gasteiger partial charge >= 0.3 is 0 Å². The Labute approximate surface area is 104 Å². The zero-order chi connectivity index (χ0) is 12.8. The number of hydrogen-bond acceptors (Lipinski definition) is 3.